The summed E-state index contributed by atoms with van der Waals surface area (Å²) >= 11 is 0. The number of aliphatic hydroxyl groups excluding tert-OH is 1. The average molecular weight is 498 g/mol. The molecule has 1 aromatic rings. The van der Waals surface area contributed by atoms with Gasteiger partial charge in [0, 0.05) is 31.2 Å². The lowest BCUT2D eigenvalue weighted by atomic mass is 10.1. The summed E-state index contributed by atoms with van der Waals surface area (Å²) in [5.41, 5.74) is 16.5. The normalized spacial score (nSPS) is 14.1. The zero-order valence-corrected chi connectivity index (χ0v) is 18.7. The molecule has 16 nitrogen and oxygen atoms in total. The van der Waals surface area contributed by atoms with Crippen LogP contribution in [0.5, 0.6) is 0 Å². The first-order valence-corrected chi connectivity index (χ1v) is 10.5. The summed E-state index contributed by atoms with van der Waals surface area (Å²) in [7, 11) is 0. The predicted octanol–water partition coefficient (Wildman–Crippen LogP) is -4.66. The smallest absolute Gasteiger partial charge is 0.326 e. The molecule has 0 fully saturated rings. The number of carbonyl (C=O) groups is 6. The van der Waals surface area contributed by atoms with E-state index in [2.05, 4.69) is 25.9 Å². The van der Waals surface area contributed by atoms with E-state index in [0.717, 1.165) is 0 Å². The summed E-state index contributed by atoms with van der Waals surface area (Å²) in [5, 5.41) is 25.5. The second-order valence-corrected chi connectivity index (χ2v) is 7.60. The van der Waals surface area contributed by atoms with Gasteiger partial charge in [-0.05, 0) is 12.8 Å². The molecule has 12 N–H and O–H groups in total. The zero-order valence-electron chi connectivity index (χ0n) is 18.7. The molecule has 0 saturated carbocycles. The van der Waals surface area contributed by atoms with Crippen LogP contribution in [0.25, 0.3) is 0 Å². The summed E-state index contributed by atoms with van der Waals surface area (Å²) in [6, 6.07) is -5.55. The van der Waals surface area contributed by atoms with E-state index in [1.807, 2.05) is 0 Å². The van der Waals surface area contributed by atoms with Gasteiger partial charge in [0.15, 0.2) is 0 Å². The highest BCUT2D eigenvalue weighted by atomic mass is 16.4. The van der Waals surface area contributed by atoms with E-state index in [0.29, 0.717) is 5.69 Å². The molecular formula is C19H30N8O8. The fraction of sp³-hybridized carbons (Fsp3) is 0.526. The van der Waals surface area contributed by atoms with E-state index in [4.69, 9.17) is 17.2 Å². The van der Waals surface area contributed by atoms with Crippen molar-refractivity contribution in [2.75, 3.05) is 6.61 Å². The average Bonchev–Trinajstić information content (AvgIpc) is 3.29. The number of nitrogens with zero attached hydrogens (tertiary/aromatic N) is 1. The van der Waals surface area contributed by atoms with Crippen LogP contribution in [0.2, 0.25) is 0 Å². The Kier molecular flexibility index (Phi) is 11.8. The number of imidazole rings is 1. The Morgan fingerprint density at radius 2 is 1.40 bits per heavy atom. The Labute approximate surface area is 199 Å². The minimum absolute atomic E-state index is 0.0666. The number of hydrogen-bond donors (Lipinski definition) is 9. The molecule has 0 aliphatic carbocycles. The third-order valence-electron chi connectivity index (χ3n) is 4.75. The number of rotatable bonds is 16. The SMILES string of the molecule is NC(=O)CCC(NC(=O)C(CCC(N)=O)NC(=O)C(CO)NC(=O)C(N)Cc1cnc[nH]1)C(=O)O. The Bertz CT molecular complexity index is 907. The quantitative estimate of drug-likeness (QED) is 0.105. The number of aromatic amines is 1. The van der Waals surface area contributed by atoms with Crippen molar-refractivity contribution in [3.63, 3.8) is 0 Å². The van der Waals surface area contributed by atoms with E-state index in [-0.39, 0.29) is 32.1 Å². The van der Waals surface area contributed by atoms with E-state index < -0.39 is 66.3 Å². The van der Waals surface area contributed by atoms with E-state index >= 15 is 0 Å². The molecule has 0 radical (unpaired) electrons. The molecule has 4 unspecified atom stereocenters. The Morgan fingerprint density at radius 3 is 1.89 bits per heavy atom. The Morgan fingerprint density at radius 1 is 0.886 bits per heavy atom. The molecule has 194 valence electrons. The maximum Gasteiger partial charge on any atom is 0.326 e. The highest BCUT2D eigenvalue weighted by molar-refractivity contribution is 5.94. The third-order valence-corrected chi connectivity index (χ3v) is 4.75. The zero-order chi connectivity index (χ0) is 26.5. The fourth-order valence-electron chi connectivity index (χ4n) is 2.84. The Hall–Kier alpha value is -4.05. The first-order valence-electron chi connectivity index (χ1n) is 10.5. The number of carboxylic acids is 1. The van der Waals surface area contributed by atoms with E-state index in [9.17, 15) is 39.0 Å². The molecule has 0 saturated heterocycles. The molecule has 4 atom stereocenters. The highest BCUT2D eigenvalue weighted by Crippen LogP contribution is 2.04. The third kappa shape index (κ3) is 10.6. The summed E-state index contributed by atoms with van der Waals surface area (Å²) in [6.07, 6.45) is 1.63. The lowest BCUT2D eigenvalue weighted by Crippen LogP contribution is -2.58. The topological polar surface area (TPSA) is 286 Å². The second-order valence-electron chi connectivity index (χ2n) is 7.60. The number of primary amides is 2. The first-order chi connectivity index (χ1) is 16.4. The fourth-order valence-corrected chi connectivity index (χ4v) is 2.84. The lowest BCUT2D eigenvalue weighted by Gasteiger charge is -2.24. The largest absolute Gasteiger partial charge is 0.480 e. The maximum atomic E-state index is 12.6. The number of aromatic nitrogens is 2. The highest BCUT2D eigenvalue weighted by Gasteiger charge is 2.30. The summed E-state index contributed by atoms with van der Waals surface area (Å²) in [6.45, 7) is -0.852. The number of nitrogens with one attached hydrogen (secondary N) is 4. The molecule has 0 bridgehead atoms. The number of carbonyl (C=O) groups excluding carboxylic acids is 5. The van der Waals surface area contributed by atoms with Gasteiger partial charge in [0.1, 0.15) is 18.1 Å². The Balaban J connectivity index is 2.85. The molecule has 0 aliphatic heterocycles. The lowest BCUT2D eigenvalue weighted by molar-refractivity contribution is -0.142. The van der Waals surface area contributed by atoms with Crippen LogP contribution in [0.4, 0.5) is 0 Å². The van der Waals surface area contributed by atoms with Gasteiger partial charge in [-0.2, -0.15) is 0 Å². The molecule has 5 amide bonds. The predicted molar refractivity (Wildman–Crippen MR) is 118 cm³/mol. The van der Waals surface area contributed by atoms with Crippen molar-refractivity contribution in [1.82, 2.24) is 25.9 Å². The van der Waals surface area contributed by atoms with Gasteiger partial charge in [0.25, 0.3) is 0 Å². The number of hydrogen-bond acceptors (Lipinski definition) is 9. The minimum Gasteiger partial charge on any atom is -0.480 e. The first kappa shape index (κ1) is 29.0. The second kappa shape index (κ2) is 14.3. The van der Waals surface area contributed by atoms with Crippen LogP contribution in [-0.2, 0) is 35.2 Å². The van der Waals surface area contributed by atoms with Crippen LogP contribution in [0.3, 0.4) is 0 Å². The van der Waals surface area contributed by atoms with Crippen molar-refractivity contribution >= 4 is 35.5 Å². The number of H-pyrrole nitrogens is 1. The maximum absolute atomic E-state index is 12.6. The van der Waals surface area contributed by atoms with Gasteiger partial charge in [-0.25, -0.2) is 9.78 Å². The van der Waals surface area contributed by atoms with Crippen molar-refractivity contribution in [1.29, 1.82) is 0 Å². The molecular weight excluding hydrogens is 468 g/mol. The standard InChI is InChI=1S/C19H30N8O8/c20-10(5-9-6-23-8-24-9)16(31)27-13(7-28)18(33)25-11(1-3-14(21)29)17(32)26-12(19(34)35)2-4-15(22)30/h6,8,10-13,28H,1-5,7,20H2,(H2,21,29)(H2,22,30)(H,23,24)(H,25,33)(H,26,32)(H,27,31)(H,34,35). The summed E-state index contributed by atoms with van der Waals surface area (Å²) < 4.78 is 0. The molecule has 0 spiro atoms. The van der Waals surface area contributed by atoms with Crippen LogP contribution < -0.4 is 33.2 Å². The monoisotopic (exact) mass is 498 g/mol. The van der Waals surface area contributed by atoms with Gasteiger partial charge < -0.3 is 48.3 Å². The van der Waals surface area contributed by atoms with Gasteiger partial charge in [-0.1, -0.05) is 0 Å². The van der Waals surface area contributed by atoms with Crippen molar-refractivity contribution in [3.05, 3.63) is 18.2 Å². The molecule has 0 aromatic carbocycles. The number of aliphatic carboxylic acids is 1. The number of amides is 5. The van der Waals surface area contributed by atoms with Crippen LogP contribution in [0, 0.1) is 0 Å². The molecule has 1 rings (SSSR count). The van der Waals surface area contributed by atoms with Gasteiger partial charge in [0.05, 0.1) is 19.0 Å². The number of carboxylic acid groups (broad SMARTS) is 1. The van der Waals surface area contributed by atoms with Gasteiger partial charge in [0.2, 0.25) is 29.5 Å². The van der Waals surface area contributed by atoms with Crippen LogP contribution >= 0.6 is 0 Å². The van der Waals surface area contributed by atoms with Crippen molar-refractivity contribution in [2.45, 2.75) is 56.3 Å². The summed E-state index contributed by atoms with van der Waals surface area (Å²) in [4.78, 5) is 77.6. The molecule has 35 heavy (non-hydrogen) atoms. The van der Waals surface area contributed by atoms with Crippen LogP contribution in [-0.4, -0.2) is 86.5 Å². The number of aliphatic hydroxyl groups is 1. The molecule has 1 heterocycles. The van der Waals surface area contributed by atoms with Gasteiger partial charge in [-0.15, -0.1) is 0 Å². The van der Waals surface area contributed by atoms with Crippen molar-refractivity contribution in [3.8, 4) is 0 Å². The van der Waals surface area contributed by atoms with Crippen molar-refractivity contribution in [2.24, 2.45) is 17.2 Å². The summed E-state index contributed by atoms with van der Waals surface area (Å²) in [5.74, 6) is -5.79. The molecule has 0 aliphatic rings. The van der Waals surface area contributed by atoms with Crippen molar-refractivity contribution < 1.29 is 39.0 Å². The van der Waals surface area contributed by atoms with Gasteiger partial charge >= 0.3 is 5.97 Å². The molecule has 16 heteroatoms. The van der Waals surface area contributed by atoms with E-state index in [1.165, 1.54) is 12.5 Å². The number of nitrogens with two attached hydrogens (primary N) is 3. The van der Waals surface area contributed by atoms with E-state index in [1.54, 1.807) is 0 Å². The van der Waals surface area contributed by atoms with Crippen LogP contribution in [0.15, 0.2) is 12.5 Å². The molecule has 1 aromatic heterocycles. The van der Waals surface area contributed by atoms with Crippen LogP contribution in [0.1, 0.15) is 31.4 Å². The minimum atomic E-state index is -1.51. The van der Waals surface area contributed by atoms with Gasteiger partial charge in [-0.3, -0.25) is 24.0 Å².